The van der Waals surface area contributed by atoms with Crippen LogP contribution in [0.25, 0.3) is 0 Å². The van der Waals surface area contributed by atoms with E-state index in [1.54, 1.807) is 30.3 Å². The van der Waals surface area contributed by atoms with Gasteiger partial charge in [0.05, 0.1) is 10.9 Å². The molecule has 2 aromatic rings. The molecular formula is C26H35N3O3S. The Kier molecular flexibility index (Phi) is 7.39. The SMILES string of the molecule is C[C@H]1CCCN(c2ccc([C@@H](C)NC(=O)C3CCN(S(=O)(=O)c4ccccc4)CC3)cc2)C1. The zero-order valence-corrected chi connectivity index (χ0v) is 20.4. The van der Waals surface area contributed by atoms with Crippen LogP contribution >= 0.6 is 0 Å². The van der Waals surface area contributed by atoms with Crippen LogP contribution in [-0.4, -0.2) is 44.8 Å². The van der Waals surface area contributed by atoms with Crippen molar-refractivity contribution in [3.8, 4) is 0 Å². The van der Waals surface area contributed by atoms with Crippen LogP contribution < -0.4 is 10.2 Å². The lowest BCUT2D eigenvalue weighted by Gasteiger charge is -2.33. The van der Waals surface area contributed by atoms with Crippen molar-refractivity contribution < 1.29 is 13.2 Å². The summed E-state index contributed by atoms with van der Waals surface area (Å²) in [5.74, 6) is 0.572. The van der Waals surface area contributed by atoms with E-state index < -0.39 is 10.0 Å². The fourth-order valence-electron chi connectivity index (χ4n) is 4.91. The summed E-state index contributed by atoms with van der Waals surface area (Å²) < 4.78 is 27.1. The van der Waals surface area contributed by atoms with Gasteiger partial charge in [0.15, 0.2) is 0 Å². The van der Waals surface area contributed by atoms with Gasteiger partial charge >= 0.3 is 0 Å². The molecule has 1 amide bonds. The van der Waals surface area contributed by atoms with E-state index in [-0.39, 0.29) is 17.9 Å². The Morgan fingerprint density at radius 1 is 0.970 bits per heavy atom. The van der Waals surface area contributed by atoms with E-state index in [9.17, 15) is 13.2 Å². The molecule has 2 saturated heterocycles. The summed E-state index contributed by atoms with van der Waals surface area (Å²) in [5, 5.41) is 3.14. The van der Waals surface area contributed by atoms with Crippen molar-refractivity contribution in [2.24, 2.45) is 11.8 Å². The number of rotatable bonds is 6. The summed E-state index contributed by atoms with van der Waals surface area (Å²) in [6.45, 7) is 7.25. The number of anilines is 1. The minimum absolute atomic E-state index is 0.00758. The normalized spacial score (nSPS) is 21.5. The second kappa shape index (κ2) is 10.3. The smallest absolute Gasteiger partial charge is 0.243 e. The van der Waals surface area contributed by atoms with E-state index in [0.29, 0.717) is 30.8 Å². The van der Waals surface area contributed by atoms with Gasteiger partial charge in [0.25, 0.3) is 0 Å². The van der Waals surface area contributed by atoms with Crippen LogP contribution in [0.4, 0.5) is 5.69 Å². The van der Waals surface area contributed by atoms with Crippen molar-refractivity contribution in [1.29, 1.82) is 0 Å². The van der Waals surface area contributed by atoms with Crippen molar-refractivity contribution >= 4 is 21.6 Å². The molecule has 0 bridgehead atoms. The number of carbonyl (C=O) groups is 1. The van der Waals surface area contributed by atoms with Crippen molar-refractivity contribution in [3.63, 3.8) is 0 Å². The predicted octanol–water partition coefficient (Wildman–Crippen LogP) is 4.20. The Labute approximate surface area is 198 Å². The lowest BCUT2D eigenvalue weighted by Crippen LogP contribution is -2.43. The lowest BCUT2D eigenvalue weighted by molar-refractivity contribution is -0.126. The van der Waals surface area contributed by atoms with E-state index in [1.165, 1.54) is 22.8 Å². The number of hydrogen-bond acceptors (Lipinski definition) is 4. The van der Waals surface area contributed by atoms with E-state index in [1.807, 2.05) is 6.92 Å². The molecule has 33 heavy (non-hydrogen) atoms. The second-order valence-corrected chi connectivity index (χ2v) is 11.4. The van der Waals surface area contributed by atoms with Gasteiger partial charge in [0.1, 0.15) is 0 Å². The number of nitrogens with zero attached hydrogens (tertiary/aromatic N) is 2. The van der Waals surface area contributed by atoms with E-state index >= 15 is 0 Å². The average molecular weight is 470 g/mol. The van der Waals surface area contributed by atoms with E-state index in [2.05, 4.69) is 41.4 Å². The quantitative estimate of drug-likeness (QED) is 0.688. The van der Waals surface area contributed by atoms with Crippen LogP contribution in [0.5, 0.6) is 0 Å². The van der Waals surface area contributed by atoms with Gasteiger partial charge in [-0.15, -0.1) is 0 Å². The molecule has 2 atom stereocenters. The molecule has 2 fully saturated rings. The molecule has 0 aromatic heterocycles. The van der Waals surface area contributed by atoms with Crippen molar-refractivity contribution in [3.05, 3.63) is 60.2 Å². The molecule has 178 valence electrons. The van der Waals surface area contributed by atoms with E-state index in [4.69, 9.17) is 0 Å². The first-order valence-corrected chi connectivity index (χ1v) is 13.5. The molecule has 2 heterocycles. The van der Waals surface area contributed by atoms with Crippen molar-refractivity contribution in [1.82, 2.24) is 9.62 Å². The van der Waals surface area contributed by atoms with Crippen molar-refractivity contribution in [2.75, 3.05) is 31.1 Å². The fourth-order valence-corrected chi connectivity index (χ4v) is 6.40. The van der Waals surface area contributed by atoms with Gasteiger partial charge in [0.2, 0.25) is 15.9 Å². The average Bonchev–Trinajstić information content (AvgIpc) is 2.84. The monoisotopic (exact) mass is 469 g/mol. The summed E-state index contributed by atoms with van der Waals surface area (Å²) in [4.78, 5) is 15.6. The lowest BCUT2D eigenvalue weighted by atomic mass is 9.96. The maximum atomic E-state index is 12.9. The summed E-state index contributed by atoms with van der Waals surface area (Å²) >= 11 is 0. The molecule has 6 nitrogen and oxygen atoms in total. The zero-order valence-electron chi connectivity index (χ0n) is 19.6. The summed E-state index contributed by atoms with van der Waals surface area (Å²) in [7, 11) is -3.50. The minimum Gasteiger partial charge on any atom is -0.371 e. The number of hydrogen-bond donors (Lipinski definition) is 1. The molecule has 4 rings (SSSR count). The second-order valence-electron chi connectivity index (χ2n) is 9.51. The zero-order chi connectivity index (χ0) is 23.4. The Balaban J connectivity index is 1.30. The Morgan fingerprint density at radius 2 is 1.64 bits per heavy atom. The molecule has 2 aliphatic heterocycles. The molecule has 0 radical (unpaired) electrons. The van der Waals surface area contributed by atoms with Gasteiger partial charge in [-0.2, -0.15) is 4.31 Å². The molecule has 0 saturated carbocycles. The molecule has 0 unspecified atom stereocenters. The third-order valence-electron chi connectivity index (χ3n) is 6.98. The van der Waals surface area contributed by atoms with Gasteiger partial charge in [-0.3, -0.25) is 4.79 Å². The van der Waals surface area contributed by atoms with Gasteiger partial charge in [-0.1, -0.05) is 37.3 Å². The fraction of sp³-hybridized carbons (Fsp3) is 0.500. The first-order chi connectivity index (χ1) is 15.8. The van der Waals surface area contributed by atoms with E-state index in [0.717, 1.165) is 24.6 Å². The first-order valence-electron chi connectivity index (χ1n) is 12.0. The number of nitrogens with one attached hydrogen (secondary N) is 1. The van der Waals surface area contributed by atoms with Crippen LogP contribution in [0.1, 0.15) is 51.1 Å². The number of piperidine rings is 2. The van der Waals surface area contributed by atoms with Gasteiger partial charge in [-0.05, 0) is 68.4 Å². The van der Waals surface area contributed by atoms with Crippen LogP contribution in [0.2, 0.25) is 0 Å². The molecule has 1 N–H and O–H groups in total. The molecule has 0 aliphatic carbocycles. The minimum atomic E-state index is -3.50. The molecule has 0 spiro atoms. The maximum absolute atomic E-state index is 12.9. The predicted molar refractivity (Wildman–Crippen MR) is 132 cm³/mol. The van der Waals surface area contributed by atoms with Gasteiger partial charge in [-0.25, -0.2) is 8.42 Å². The third kappa shape index (κ3) is 5.58. The highest BCUT2D eigenvalue weighted by Gasteiger charge is 2.32. The third-order valence-corrected chi connectivity index (χ3v) is 8.89. The molecule has 7 heteroatoms. The number of amides is 1. The summed E-state index contributed by atoms with van der Waals surface area (Å²) in [6.07, 6.45) is 3.61. The van der Waals surface area contributed by atoms with Crippen LogP contribution in [0, 0.1) is 11.8 Å². The Morgan fingerprint density at radius 3 is 2.27 bits per heavy atom. The first kappa shape index (κ1) is 23.8. The number of benzene rings is 2. The van der Waals surface area contributed by atoms with Crippen LogP contribution in [0.15, 0.2) is 59.5 Å². The van der Waals surface area contributed by atoms with Crippen LogP contribution in [-0.2, 0) is 14.8 Å². The van der Waals surface area contributed by atoms with Gasteiger partial charge < -0.3 is 10.2 Å². The molecule has 2 aromatic carbocycles. The molecular weight excluding hydrogens is 434 g/mol. The van der Waals surface area contributed by atoms with Crippen LogP contribution in [0.3, 0.4) is 0 Å². The summed E-state index contributed by atoms with van der Waals surface area (Å²) in [6, 6.07) is 16.9. The number of carbonyl (C=O) groups excluding carboxylic acids is 1. The topological polar surface area (TPSA) is 69.7 Å². The maximum Gasteiger partial charge on any atom is 0.243 e. The highest BCUT2D eigenvalue weighted by Crippen LogP contribution is 2.27. The highest BCUT2D eigenvalue weighted by atomic mass is 32.2. The Hall–Kier alpha value is -2.38. The highest BCUT2D eigenvalue weighted by molar-refractivity contribution is 7.89. The Bertz CT molecular complexity index is 1030. The van der Waals surface area contributed by atoms with Crippen molar-refractivity contribution in [2.45, 2.75) is 50.5 Å². The van der Waals surface area contributed by atoms with Gasteiger partial charge in [0, 0.05) is 37.8 Å². The summed E-state index contributed by atoms with van der Waals surface area (Å²) in [5.41, 5.74) is 2.33. The number of sulfonamides is 1. The largest absolute Gasteiger partial charge is 0.371 e. The molecule has 2 aliphatic rings. The standard InChI is InChI=1S/C26H35N3O3S/c1-20-7-6-16-28(19-20)24-12-10-22(11-13-24)21(2)27-26(30)23-14-17-29(18-15-23)33(31,32)25-8-4-3-5-9-25/h3-5,8-13,20-21,23H,6-7,14-19H2,1-2H3,(H,27,30)/t20-,21+/m0/s1.